The van der Waals surface area contributed by atoms with Gasteiger partial charge in [-0.25, -0.2) is 16.8 Å². The van der Waals surface area contributed by atoms with Crippen molar-refractivity contribution < 1.29 is 16.8 Å². The minimum absolute atomic E-state index is 0.0493. The fourth-order valence-corrected chi connectivity index (χ4v) is 8.59. The highest BCUT2D eigenvalue weighted by Crippen LogP contribution is 2.31. The lowest BCUT2D eigenvalue weighted by Gasteiger charge is -2.45. The molecule has 0 unspecified atom stereocenters. The zero-order valence-corrected chi connectivity index (χ0v) is 24.4. The summed E-state index contributed by atoms with van der Waals surface area (Å²) in [6.45, 7) is 3.93. The molecule has 1 aliphatic rings. The Kier molecular flexibility index (Phi) is 8.24. The predicted octanol–water partition coefficient (Wildman–Crippen LogP) is 5.22. The largest absolute Gasteiger partial charge is 0.243 e. The van der Waals surface area contributed by atoms with Crippen LogP contribution in [0.2, 0.25) is 0 Å². The number of benzene rings is 4. The maximum absolute atomic E-state index is 14.1. The molecule has 0 N–H and O–H groups in total. The van der Waals surface area contributed by atoms with Crippen molar-refractivity contribution in [3.05, 3.63) is 131 Å². The molecule has 0 aliphatic carbocycles. The molecule has 4 aromatic carbocycles. The SMILES string of the molecule is Cc1ccc(S(=O)(=O)N2C[C@H](Cc3ccccc3)N(S(=O)(=O)c3ccc(C)cc3)C[C@@H]2Cc2ccccc2)cc1. The Hall–Kier alpha value is -3.30. The van der Waals surface area contributed by atoms with Crippen LogP contribution in [-0.2, 0) is 32.9 Å². The molecule has 0 amide bonds. The third kappa shape index (κ3) is 6.05. The average Bonchev–Trinajstić information content (AvgIpc) is 2.95. The van der Waals surface area contributed by atoms with Gasteiger partial charge in [-0.3, -0.25) is 0 Å². The van der Waals surface area contributed by atoms with Crippen LogP contribution in [0.25, 0.3) is 0 Å². The second-order valence-electron chi connectivity index (χ2n) is 10.5. The van der Waals surface area contributed by atoms with Crippen molar-refractivity contribution in [1.29, 1.82) is 0 Å². The third-order valence-corrected chi connectivity index (χ3v) is 11.3. The van der Waals surface area contributed by atoms with Gasteiger partial charge in [0.05, 0.1) is 9.79 Å². The van der Waals surface area contributed by atoms with Gasteiger partial charge in [0.15, 0.2) is 0 Å². The number of sulfonamides is 2. The fraction of sp³-hybridized carbons (Fsp3) is 0.250. The first-order chi connectivity index (χ1) is 19.1. The van der Waals surface area contributed by atoms with Crippen LogP contribution in [0.3, 0.4) is 0 Å². The Labute approximate surface area is 238 Å². The normalized spacial score (nSPS) is 18.9. The Morgan fingerprint density at radius 1 is 0.525 bits per heavy atom. The maximum Gasteiger partial charge on any atom is 0.243 e. The first-order valence-electron chi connectivity index (χ1n) is 13.4. The van der Waals surface area contributed by atoms with Crippen LogP contribution in [0.5, 0.6) is 0 Å². The number of aryl methyl sites for hydroxylation is 2. The van der Waals surface area contributed by atoms with Crippen molar-refractivity contribution in [2.75, 3.05) is 13.1 Å². The molecule has 0 aromatic heterocycles. The van der Waals surface area contributed by atoms with E-state index in [1.165, 1.54) is 8.61 Å². The van der Waals surface area contributed by atoms with E-state index < -0.39 is 32.1 Å². The Bertz CT molecular complexity index is 1510. The first kappa shape index (κ1) is 28.2. The molecule has 2 atom stereocenters. The molecule has 0 spiro atoms. The molecule has 5 rings (SSSR count). The molecule has 1 saturated heterocycles. The number of piperazine rings is 1. The second-order valence-corrected chi connectivity index (χ2v) is 14.2. The highest BCUT2D eigenvalue weighted by atomic mass is 32.2. The van der Waals surface area contributed by atoms with E-state index in [-0.39, 0.29) is 22.9 Å². The van der Waals surface area contributed by atoms with Gasteiger partial charge in [-0.1, -0.05) is 96.1 Å². The molecular weight excluding hydrogens is 540 g/mol. The van der Waals surface area contributed by atoms with E-state index in [9.17, 15) is 16.8 Å². The first-order valence-corrected chi connectivity index (χ1v) is 16.3. The summed E-state index contributed by atoms with van der Waals surface area (Å²) in [6.07, 6.45) is 0.786. The van der Waals surface area contributed by atoms with Gasteiger partial charge in [0.2, 0.25) is 20.0 Å². The molecule has 40 heavy (non-hydrogen) atoms. The van der Waals surface area contributed by atoms with E-state index in [1.807, 2.05) is 74.5 Å². The van der Waals surface area contributed by atoms with Crippen molar-refractivity contribution >= 4 is 20.0 Å². The quantitative estimate of drug-likeness (QED) is 0.289. The number of rotatable bonds is 8. The Morgan fingerprint density at radius 3 is 1.18 bits per heavy atom. The van der Waals surface area contributed by atoms with E-state index in [2.05, 4.69) is 0 Å². The van der Waals surface area contributed by atoms with Crippen LogP contribution in [0.4, 0.5) is 0 Å². The molecule has 4 aromatic rings. The minimum atomic E-state index is -3.90. The molecule has 208 valence electrons. The molecule has 1 heterocycles. The standard InChI is InChI=1S/C32H34N2O4S2/c1-25-13-17-31(18-14-25)39(35,36)33-23-30(22-28-11-7-4-8-12-28)34(24-29(33)21-27-9-5-3-6-10-27)40(37,38)32-19-15-26(2)16-20-32/h3-20,29-30H,21-24H2,1-2H3/t29-,30-/m0/s1. The molecular formula is C32H34N2O4S2. The van der Waals surface area contributed by atoms with E-state index in [1.54, 1.807) is 48.5 Å². The Balaban J connectivity index is 1.59. The molecule has 0 radical (unpaired) electrons. The smallest absolute Gasteiger partial charge is 0.207 e. The van der Waals surface area contributed by atoms with Crippen LogP contribution < -0.4 is 0 Å². The Morgan fingerprint density at radius 2 is 0.850 bits per heavy atom. The predicted molar refractivity (Wildman–Crippen MR) is 158 cm³/mol. The zero-order valence-electron chi connectivity index (χ0n) is 22.7. The second kappa shape index (κ2) is 11.7. The molecule has 0 saturated carbocycles. The lowest BCUT2D eigenvalue weighted by Crippen LogP contribution is -2.62. The van der Waals surface area contributed by atoms with E-state index in [0.29, 0.717) is 12.8 Å². The highest BCUT2D eigenvalue weighted by molar-refractivity contribution is 7.89. The van der Waals surface area contributed by atoms with Gasteiger partial charge in [0.1, 0.15) is 0 Å². The van der Waals surface area contributed by atoms with Crippen LogP contribution in [0.1, 0.15) is 22.3 Å². The summed E-state index contributed by atoms with van der Waals surface area (Å²) >= 11 is 0. The summed E-state index contributed by atoms with van der Waals surface area (Å²) in [5.74, 6) is 0. The minimum Gasteiger partial charge on any atom is -0.207 e. The van der Waals surface area contributed by atoms with E-state index >= 15 is 0 Å². The maximum atomic E-state index is 14.1. The zero-order chi connectivity index (χ0) is 28.3. The molecule has 6 nitrogen and oxygen atoms in total. The number of hydrogen-bond donors (Lipinski definition) is 0. The van der Waals surface area contributed by atoms with Crippen LogP contribution in [0.15, 0.2) is 119 Å². The number of nitrogens with zero attached hydrogens (tertiary/aromatic N) is 2. The van der Waals surface area contributed by atoms with Gasteiger partial charge in [-0.15, -0.1) is 0 Å². The summed E-state index contributed by atoms with van der Waals surface area (Å²) in [4.78, 5) is 0.425. The van der Waals surface area contributed by atoms with Gasteiger partial charge < -0.3 is 0 Å². The van der Waals surface area contributed by atoms with Crippen molar-refractivity contribution in [2.45, 2.75) is 48.6 Å². The molecule has 1 fully saturated rings. The lowest BCUT2D eigenvalue weighted by molar-refractivity contribution is 0.143. The van der Waals surface area contributed by atoms with Crippen molar-refractivity contribution in [3.63, 3.8) is 0 Å². The topological polar surface area (TPSA) is 74.8 Å². The average molecular weight is 575 g/mol. The highest BCUT2D eigenvalue weighted by Gasteiger charge is 2.45. The summed E-state index contributed by atoms with van der Waals surface area (Å²) in [5, 5.41) is 0. The van der Waals surface area contributed by atoms with E-state index in [0.717, 1.165) is 22.3 Å². The van der Waals surface area contributed by atoms with Crippen LogP contribution in [-0.4, -0.2) is 50.6 Å². The van der Waals surface area contributed by atoms with Gasteiger partial charge in [-0.2, -0.15) is 8.61 Å². The van der Waals surface area contributed by atoms with Crippen LogP contribution >= 0.6 is 0 Å². The van der Waals surface area contributed by atoms with Gasteiger partial charge in [0, 0.05) is 25.2 Å². The van der Waals surface area contributed by atoms with Gasteiger partial charge in [-0.05, 0) is 62.1 Å². The lowest BCUT2D eigenvalue weighted by atomic mass is 10.00. The summed E-state index contributed by atoms with van der Waals surface area (Å²) < 4.78 is 59.5. The van der Waals surface area contributed by atoms with Gasteiger partial charge in [0.25, 0.3) is 0 Å². The monoisotopic (exact) mass is 574 g/mol. The molecule has 8 heteroatoms. The number of hydrogen-bond acceptors (Lipinski definition) is 4. The van der Waals surface area contributed by atoms with Crippen molar-refractivity contribution in [3.8, 4) is 0 Å². The van der Waals surface area contributed by atoms with Crippen molar-refractivity contribution in [1.82, 2.24) is 8.61 Å². The molecule has 1 aliphatic heterocycles. The summed E-state index contributed by atoms with van der Waals surface area (Å²) in [5.41, 5.74) is 3.84. The summed E-state index contributed by atoms with van der Waals surface area (Å²) in [7, 11) is -7.80. The van der Waals surface area contributed by atoms with E-state index in [4.69, 9.17) is 0 Å². The van der Waals surface area contributed by atoms with Gasteiger partial charge >= 0.3 is 0 Å². The third-order valence-electron chi connectivity index (χ3n) is 7.48. The fourth-order valence-electron chi connectivity index (χ4n) is 5.28. The van der Waals surface area contributed by atoms with Crippen molar-refractivity contribution in [2.24, 2.45) is 0 Å². The summed E-state index contributed by atoms with van der Waals surface area (Å²) in [6, 6.07) is 31.8. The molecule has 0 bridgehead atoms. The van der Waals surface area contributed by atoms with Crippen LogP contribution in [0, 0.1) is 13.8 Å².